The highest BCUT2D eigenvalue weighted by Gasteiger charge is 2.46. The van der Waals surface area contributed by atoms with Crippen molar-refractivity contribution in [2.24, 2.45) is 0 Å². The number of aromatic nitrogens is 1. The predicted molar refractivity (Wildman–Crippen MR) is 116 cm³/mol. The third-order valence-corrected chi connectivity index (χ3v) is 5.52. The number of likely N-dealkylation sites (tertiary alicyclic amines) is 1. The van der Waals surface area contributed by atoms with E-state index in [1.807, 2.05) is 0 Å². The second-order valence-corrected chi connectivity index (χ2v) is 7.60. The monoisotopic (exact) mass is 452 g/mol. The fourth-order valence-electron chi connectivity index (χ4n) is 3.69. The minimum absolute atomic E-state index is 0.0839. The van der Waals surface area contributed by atoms with Crippen molar-refractivity contribution in [3.63, 3.8) is 0 Å². The van der Waals surface area contributed by atoms with Gasteiger partial charge in [-0.05, 0) is 47.5 Å². The summed E-state index contributed by atoms with van der Waals surface area (Å²) in [5, 5.41) is 11.3. The van der Waals surface area contributed by atoms with E-state index in [9.17, 15) is 19.1 Å². The Balaban J connectivity index is 1.86. The first-order valence-electron chi connectivity index (χ1n) is 9.67. The van der Waals surface area contributed by atoms with Crippen LogP contribution in [0.25, 0.3) is 5.76 Å². The van der Waals surface area contributed by atoms with Gasteiger partial charge in [-0.3, -0.25) is 14.6 Å². The van der Waals surface area contributed by atoms with Crippen molar-refractivity contribution in [2.45, 2.75) is 12.6 Å². The van der Waals surface area contributed by atoms with E-state index in [0.29, 0.717) is 16.9 Å². The topological polar surface area (TPSA) is 79.7 Å². The predicted octanol–water partition coefficient (Wildman–Crippen LogP) is 4.50. The molecule has 3 aromatic rings. The van der Waals surface area contributed by atoms with Crippen LogP contribution in [0.2, 0.25) is 5.02 Å². The number of carbonyl (C=O) groups is 2. The van der Waals surface area contributed by atoms with Crippen LogP contribution < -0.4 is 4.74 Å². The fourth-order valence-corrected chi connectivity index (χ4v) is 3.95. The van der Waals surface area contributed by atoms with Gasteiger partial charge in [0, 0.05) is 24.5 Å². The van der Waals surface area contributed by atoms with E-state index >= 15 is 0 Å². The zero-order valence-electron chi connectivity index (χ0n) is 17.0. The van der Waals surface area contributed by atoms with Crippen LogP contribution >= 0.6 is 11.6 Å². The van der Waals surface area contributed by atoms with Crippen LogP contribution in [0.5, 0.6) is 5.75 Å². The molecular weight excluding hydrogens is 435 g/mol. The first-order chi connectivity index (χ1) is 15.4. The van der Waals surface area contributed by atoms with Crippen molar-refractivity contribution in [2.75, 3.05) is 7.11 Å². The Bertz CT molecular complexity index is 1210. The van der Waals surface area contributed by atoms with E-state index in [-0.39, 0.29) is 28.5 Å². The third-order valence-electron chi connectivity index (χ3n) is 5.23. The summed E-state index contributed by atoms with van der Waals surface area (Å²) >= 11 is 6.18. The van der Waals surface area contributed by atoms with Gasteiger partial charge in [0.1, 0.15) is 17.3 Å². The number of amides is 1. The quantitative estimate of drug-likeness (QED) is 0.350. The van der Waals surface area contributed by atoms with Crippen molar-refractivity contribution < 1.29 is 23.8 Å². The van der Waals surface area contributed by atoms with Gasteiger partial charge in [-0.15, -0.1) is 0 Å². The fraction of sp³-hybridized carbons (Fsp3) is 0.125. The number of hydrogen-bond donors (Lipinski definition) is 1. The number of nitrogens with zero attached hydrogens (tertiary/aromatic N) is 2. The molecule has 0 saturated carbocycles. The average Bonchev–Trinajstić information content (AvgIpc) is 3.04. The maximum atomic E-state index is 13.6. The highest BCUT2D eigenvalue weighted by atomic mass is 35.5. The molecule has 162 valence electrons. The molecule has 8 heteroatoms. The molecule has 2 aromatic carbocycles. The third kappa shape index (κ3) is 3.94. The summed E-state index contributed by atoms with van der Waals surface area (Å²) in [6.45, 7) is 0.0839. The van der Waals surface area contributed by atoms with Crippen LogP contribution in [0.4, 0.5) is 4.39 Å². The Morgan fingerprint density at radius 3 is 2.56 bits per heavy atom. The molecule has 1 aromatic heterocycles. The van der Waals surface area contributed by atoms with Crippen LogP contribution in [0.15, 0.2) is 72.6 Å². The lowest BCUT2D eigenvalue weighted by atomic mass is 9.95. The van der Waals surface area contributed by atoms with Gasteiger partial charge >= 0.3 is 0 Å². The summed E-state index contributed by atoms with van der Waals surface area (Å²) in [6, 6.07) is 12.6. The number of rotatable bonds is 5. The van der Waals surface area contributed by atoms with E-state index in [4.69, 9.17) is 16.3 Å². The number of hydrogen-bond acceptors (Lipinski definition) is 5. The van der Waals surface area contributed by atoms with E-state index in [2.05, 4.69) is 4.98 Å². The summed E-state index contributed by atoms with van der Waals surface area (Å²) in [6.07, 6.45) is 3.19. The molecule has 1 aliphatic rings. The molecule has 1 aliphatic heterocycles. The smallest absolute Gasteiger partial charge is 0.295 e. The lowest BCUT2D eigenvalue weighted by molar-refractivity contribution is -0.140. The second kappa shape index (κ2) is 8.80. The minimum atomic E-state index is -0.920. The van der Waals surface area contributed by atoms with E-state index < -0.39 is 23.5 Å². The number of aliphatic hydroxyl groups excluding tert-OH is 1. The van der Waals surface area contributed by atoms with Crippen LogP contribution in [0.3, 0.4) is 0 Å². The molecule has 0 spiro atoms. The van der Waals surface area contributed by atoms with Crippen LogP contribution in [-0.4, -0.2) is 33.8 Å². The highest BCUT2D eigenvalue weighted by molar-refractivity contribution is 6.46. The van der Waals surface area contributed by atoms with E-state index in [0.717, 1.165) is 0 Å². The molecule has 6 nitrogen and oxygen atoms in total. The Hall–Kier alpha value is -3.71. The number of ketones is 1. The number of Topliss-reactive ketones (excluding diaryl/α,β-unsaturated/α-hetero) is 1. The number of benzene rings is 2. The normalized spacial score (nSPS) is 17.6. The van der Waals surface area contributed by atoms with Crippen molar-refractivity contribution in [3.05, 3.63) is 100 Å². The number of ether oxygens (including phenoxy) is 1. The van der Waals surface area contributed by atoms with Gasteiger partial charge in [0.25, 0.3) is 11.7 Å². The highest BCUT2D eigenvalue weighted by Crippen LogP contribution is 2.41. The summed E-state index contributed by atoms with van der Waals surface area (Å²) < 4.78 is 18.7. The van der Waals surface area contributed by atoms with E-state index in [1.165, 1.54) is 48.4 Å². The van der Waals surface area contributed by atoms with Crippen molar-refractivity contribution in [1.29, 1.82) is 0 Å². The lowest BCUT2D eigenvalue weighted by Gasteiger charge is -2.25. The zero-order valence-corrected chi connectivity index (χ0v) is 17.7. The van der Waals surface area contributed by atoms with Crippen LogP contribution in [0, 0.1) is 5.82 Å². The van der Waals surface area contributed by atoms with Gasteiger partial charge in [0.05, 0.1) is 23.7 Å². The van der Waals surface area contributed by atoms with Gasteiger partial charge < -0.3 is 14.7 Å². The van der Waals surface area contributed by atoms with Gasteiger partial charge in [0.15, 0.2) is 0 Å². The molecule has 1 atom stereocenters. The summed E-state index contributed by atoms with van der Waals surface area (Å²) in [4.78, 5) is 31.4. The first-order valence-corrected chi connectivity index (χ1v) is 10.0. The number of methoxy groups -OCH3 is 1. The molecule has 4 rings (SSSR count). The average molecular weight is 453 g/mol. The Labute approximate surface area is 188 Å². The van der Waals surface area contributed by atoms with Crippen molar-refractivity contribution in [1.82, 2.24) is 9.88 Å². The number of halogens is 2. The minimum Gasteiger partial charge on any atom is -0.507 e. The number of pyridine rings is 1. The van der Waals surface area contributed by atoms with E-state index in [1.54, 1.807) is 30.6 Å². The van der Waals surface area contributed by atoms with Gasteiger partial charge in [-0.25, -0.2) is 4.39 Å². The van der Waals surface area contributed by atoms with Gasteiger partial charge in [0.2, 0.25) is 0 Å². The summed E-state index contributed by atoms with van der Waals surface area (Å²) in [5.74, 6) is -2.05. The Morgan fingerprint density at radius 1 is 1.19 bits per heavy atom. The lowest BCUT2D eigenvalue weighted by Crippen LogP contribution is -2.29. The molecule has 0 bridgehead atoms. The van der Waals surface area contributed by atoms with Crippen molar-refractivity contribution in [3.8, 4) is 5.75 Å². The number of carbonyl (C=O) groups excluding carboxylic acids is 2. The standard InChI is InChI=1S/C24H18ClFN2O4/c1-32-19-9-6-16(11-18(19)25)22(29)20-21(15-4-7-17(26)8-5-15)28(24(31)23(20)30)13-14-3-2-10-27-12-14/h2-12,21,29H,13H2,1H3/b22-20-. The maximum absolute atomic E-state index is 13.6. The van der Waals surface area contributed by atoms with Crippen LogP contribution in [-0.2, 0) is 16.1 Å². The Morgan fingerprint density at radius 2 is 1.94 bits per heavy atom. The molecule has 32 heavy (non-hydrogen) atoms. The Kier molecular flexibility index (Phi) is 5.92. The molecule has 1 saturated heterocycles. The van der Waals surface area contributed by atoms with Gasteiger partial charge in [-0.1, -0.05) is 29.8 Å². The SMILES string of the molecule is COc1ccc(/C(O)=C2/C(=O)C(=O)N(Cc3cccnc3)C2c2ccc(F)cc2)cc1Cl. The molecule has 2 heterocycles. The zero-order chi connectivity index (χ0) is 22.8. The van der Waals surface area contributed by atoms with Gasteiger partial charge in [-0.2, -0.15) is 0 Å². The largest absolute Gasteiger partial charge is 0.507 e. The van der Waals surface area contributed by atoms with Crippen LogP contribution in [0.1, 0.15) is 22.7 Å². The molecule has 0 radical (unpaired) electrons. The first kappa shape index (κ1) is 21.5. The molecular formula is C24H18ClFN2O4. The molecule has 0 aliphatic carbocycles. The second-order valence-electron chi connectivity index (χ2n) is 7.19. The molecule has 1 fully saturated rings. The molecule has 1 N–H and O–H groups in total. The maximum Gasteiger partial charge on any atom is 0.295 e. The number of aliphatic hydroxyl groups is 1. The molecule has 1 amide bonds. The van der Waals surface area contributed by atoms with Crippen molar-refractivity contribution >= 4 is 29.1 Å². The molecule has 1 unspecified atom stereocenters. The summed E-state index contributed by atoms with van der Waals surface area (Å²) in [5.41, 5.74) is 1.33. The summed E-state index contributed by atoms with van der Waals surface area (Å²) in [7, 11) is 1.46.